The number of halogens is 1. The third kappa shape index (κ3) is 3.31. The van der Waals surface area contributed by atoms with E-state index in [0.717, 1.165) is 10.0 Å². The number of nitrogens with zero attached hydrogens (tertiary/aromatic N) is 1. The molecule has 1 aromatic heterocycles. The lowest BCUT2D eigenvalue weighted by Crippen LogP contribution is -2.29. The molecule has 0 spiro atoms. The molecule has 1 saturated heterocycles. The van der Waals surface area contributed by atoms with E-state index in [1.54, 1.807) is 54.6 Å². The standard InChI is InChI=1S/C23H18BrNO5/c1-13-11-14(8-9-17(13)24)21(26)19-20(18-7-4-10-30-18)25(23(28)22(19)27)15-5-3-6-16(12-15)29-2/h3-12,20,26H,1-2H3/b21-19-. The van der Waals surface area contributed by atoms with Crippen molar-refractivity contribution in [3.8, 4) is 5.75 Å². The minimum atomic E-state index is -0.906. The first-order valence-corrected chi connectivity index (χ1v) is 9.96. The van der Waals surface area contributed by atoms with Gasteiger partial charge in [0.2, 0.25) is 0 Å². The van der Waals surface area contributed by atoms with Crippen molar-refractivity contribution in [1.82, 2.24) is 0 Å². The van der Waals surface area contributed by atoms with Crippen molar-refractivity contribution < 1.29 is 23.8 Å². The molecule has 1 aliphatic heterocycles. The fraction of sp³-hybridized carbons (Fsp3) is 0.130. The molecule has 1 aliphatic rings. The second-order valence-electron chi connectivity index (χ2n) is 6.85. The number of carbonyl (C=O) groups excluding carboxylic acids is 2. The Morgan fingerprint density at radius 3 is 2.60 bits per heavy atom. The number of carbonyl (C=O) groups is 2. The summed E-state index contributed by atoms with van der Waals surface area (Å²) in [7, 11) is 1.52. The van der Waals surface area contributed by atoms with Crippen LogP contribution in [0.2, 0.25) is 0 Å². The number of Topliss-reactive ketones (excluding diaryl/α,β-unsaturated/α-hetero) is 1. The summed E-state index contributed by atoms with van der Waals surface area (Å²) in [5.74, 6) is -0.878. The molecule has 1 amide bonds. The molecule has 1 atom stereocenters. The molecule has 30 heavy (non-hydrogen) atoms. The summed E-state index contributed by atoms with van der Waals surface area (Å²) in [4.78, 5) is 27.4. The summed E-state index contributed by atoms with van der Waals surface area (Å²) in [6, 6.07) is 14.5. The van der Waals surface area contributed by atoms with Gasteiger partial charge in [0.05, 0.1) is 18.9 Å². The van der Waals surface area contributed by atoms with Crippen LogP contribution in [0.25, 0.3) is 5.76 Å². The number of furan rings is 1. The van der Waals surface area contributed by atoms with Crippen molar-refractivity contribution in [1.29, 1.82) is 0 Å². The molecule has 0 bridgehead atoms. The topological polar surface area (TPSA) is 80.0 Å². The summed E-state index contributed by atoms with van der Waals surface area (Å²) in [6.45, 7) is 1.87. The molecule has 0 aliphatic carbocycles. The highest BCUT2D eigenvalue weighted by molar-refractivity contribution is 9.10. The highest BCUT2D eigenvalue weighted by Crippen LogP contribution is 2.43. The molecule has 2 aromatic carbocycles. The number of rotatable bonds is 4. The van der Waals surface area contributed by atoms with Crippen molar-refractivity contribution in [3.05, 3.63) is 87.8 Å². The van der Waals surface area contributed by atoms with Gasteiger partial charge in [0.25, 0.3) is 11.7 Å². The SMILES string of the molecule is COc1cccc(N2C(=O)C(=O)/C(=C(\O)c3ccc(Br)c(C)c3)C2c2ccco2)c1. The first-order valence-electron chi connectivity index (χ1n) is 9.17. The van der Waals surface area contributed by atoms with E-state index in [0.29, 0.717) is 22.8 Å². The van der Waals surface area contributed by atoms with Crippen LogP contribution in [0.3, 0.4) is 0 Å². The maximum atomic E-state index is 13.0. The van der Waals surface area contributed by atoms with Crippen LogP contribution in [-0.2, 0) is 9.59 Å². The van der Waals surface area contributed by atoms with Gasteiger partial charge in [-0.05, 0) is 48.9 Å². The van der Waals surface area contributed by atoms with E-state index in [1.165, 1.54) is 18.3 Å². The largest absolute Gasteiger partial charge is 0.507 e. The summed E-state index contributed by atoms with van der Waals surface area (Å²) in [5, 5.41) is 11.1. The second kappa shape index (κ2) is 7.84. The zero-order valence-corrected chi connectivity index (χ0v) is 17.8. The number of hydrogen-bond donors (Lipinski definition) is 1. The van der Waals surface area contributed by atoms with Crippen LogP contribution in [0.1, 0.15) is 22.9 Å². The Morgan fingerprint density at radius 1 is 1.13 bits per heavy atom. The van der Waals surface area contributed by atoms with Gasteiger partial charge in [0.1, 0.15) is 23.3 Å². The van der Waals surface area contributed by atoms with Gasteiger partial charge in [-0.1, -0.05) is 28.1 Å². The number of aliphatic hydroxyl groups is 1. The van der Waals surface area contributed by atoms with E-state index < -0.39 is 17.7 Å². The number of benzene rings is 2. The Kier molecular flexibility index (Phi) is 5.22. The lowest BCUT2D eigenvalue weighted by molar-refractivity contribution is -0.132. The number of aliphatic hydroxyl groups excluding tert-OH is 1. The number of methoxy groups -OCH3 is 1. The highest BCUT2D eigenvalue weighted by atomic mass is 79.9. The molecule has 1 N–H and O–H groups in total. The third-order valence-corrected chi connectivity index (χ3v) is 5.91. The van der Waals surface area contributed by atoms with Gasteiger partial charge in [0.15, 0.2) is 0 Å². The van der Waals surface area contributed by atoms with Crippen LogP contribution < -0.4 is 9.64 Å². The second-order valence-corrected chi connectivity index (χ2v) is 7.70. The maximum absolute atomic E-state index is 13.0. The predicted molar refractivity (Wildman–Crippen MR) is 115 cm³/mol. The fourth-order valence-electron chi connectivity index (χ4n) is 3.52. The van der Waals surface area contributed by atoms with E-state index in [4.69, 9.17) is 9.15 Å². The monoisotopic (exact) mass is 467 g/mol. The minimum Gasteiger partial charge on any atom is -0.507 e. The van der Waals surface area contributed by atoms with E-state index >= 15 is 0 Å². The molecular formula is C23H18BrNO5. The number of anilines is 1. The van der Waals surface area contributed by atoms with Crippen molar-refractivity contribution >= 4 is 39.1 Å². The number of hydrogen-bond acceptors (Lipinski definition) is 5. The number of amides is 1. The Bertz CT molecular complexity index is 1170. The van der Waals surface area contributed by atoms with Crippen LogP contribution in [0.4, 0.5) is 5.69 Å². The first-order chi connectivity index (χ1) is 14.4. The van der Waals surface area contributed by atoms with E-state index in [9.17, 15) is 14.7 Å². The zero-order valence-electron chi connectivity index (χ0n) is 16.3. The molecule has 7 heteroatoms. The normalized spacial score (nSPS) is 18.1. The van der Waals surface area contributed by atoms with Crippen LogP contribution in [0, 0.1) is 6.92 Å². The van der Waals surface area contributed by atoms with Gasteiger partial charge in [-0.3, -0.25) is 14.5 Å². The van der Waals surface area contributed by atoms with Gasteiger partial charge in [-0.25, -0.2) is 0 Å². The van der Waals surface area contributed by atoms with Crippen LogP contribution in [0.5, 0.6) is 5.75 Å². The fourth-order valence-corrected chi connectivity index (χ4v) is 3.77. The van der Waals surface area contributed by atoms with Crippen molar-refractivity contribution in [3.63, 3.8) is 0 Å². The Labute approximate surface area is 181 Å². The van der Waals surface area contributed by atoms with Crippen LogP contribution in [-0.4, -0.2) is 23.9 Å². The molecule has 6 nitrogen and oxygen atoms in total. The smallest absolute Gasteiger partial charge is 0.300 e. The van der Waals surface area contributed by atoms with Crippen LogP contribution in [0.15, 0.2) is 75.3 Å². The van der Waals surface area contributed by atoms with Crippen molar-refractivity contribution in [2.24, 2.45) is 0 Å². The summed E-state index contributed by atoms with van der Waals surface area (Å²) in [5.41, 5.74) is 1.76. The summed E-state index contributed by atoms with van der Waals surface area (Å²) < 4.78 is 11.7. The Balaban J connectivity index is 1.92. The molecule has 3 aromatic rings. The van der Waals surface area contributed by atoms with Gasteiger partial charge in [-0.2, -0.15) is 0 Å². The number of aryl methyl sites for hydroxylation is 1. The van der Waals surface area contributed by atoms with E-state index in [-0.39, 0.29) is 11.3 Å². The number of ether oxygens (including phenoxy) is 1. The number of ketones is 1. The van der Waals surface area contributed by atoms with Crippen LogP contribution >= 0.6 is 15.9 Å². The zero-order chi connectivity index (χ0) is 21.4. The summed E-state index contributed by atoms with van der Waals surface area (Å²) in [6.07, 6.45) is 1.46. The van der Waals surface area contributed by atoms with Gasteiger partial charge in [0, 0.05) is 21.8 Å². The average Bonchev–Trinajstić information content (AvgIpc) is 3.37. The van der Waals surface area contributed by atoms with E-state index in [1.807, 2.05) is 6.92 Å². The maximum Gasteiger partial charge on any atom is 0.300 e. The lowest BCUT2D eigenvalue weighted by Gasteiger charge is -2.23. The first kappa shape index (κ1) is 20.0. The minimum absolute atomic E-state index is 0.0282. The van der Waals surface area contributed by atoms with Gasteiger partial charge < -0.3 is 14.3 Å². The van der Waals surface area contributed by atoms with Crippen molar-refractivity contribution in [2.45, 2.75) is 13.0 Å². The van der Waals surface area contributed by atoms with Gasteiger partial charge >= 0.3 is 0 Å². The highest BCUT2D eigenvalue weighted by Gasteiger charge is 2.48. The Hall–Kier alpha value is -3.32. The quantitative estimate of drug-likeness (QED) is 0.332. The average molecular weight is 468 g/mol. The lowest BCUT2D eigenvalue weighted by atomic mass is 9.98. The predicted octanol–water partition coefficient (Wildman–Crippen LogP) is 4.99. The molecule has 1 fully saturated rings. The molecule has 152 valence electrons. The van der Waals surface area contributed by atoms with E-state index in [2.05, 4.69) is 15.9 Å². The molecule has 2 heterocycles. The third-order valence-electron chi connectivity index (χ3n) is 5.02. The van der Waals surface area contributed by atoms with Gasteiger partial charge in [-0.15, -0.1) is 0 Å². The molecule has 0 radical (unpaired) electrons. The molecular weight excluding hydrogens is 450 g/mol. The molecule has 1 unspecified atom stereocenters. The summed E-state index contributed by atoms with van der Waals surface area (Å²) >= 11 is 3.43. The Morgan fingerprint density at radius 2 is 1.93 bits per heavy atom. The molecule has 0 saturated carbocycles. The van der Waals surface area contributed by atoms with Crippen molar-refractivity contribution in [2.75, 3.05) is 12.0 Å². The molecule has 4 rings (SSSR count).